The quantitative estimate of drug-likeness (QED) is 0.468. The van der Waals surface area contributed by atoms with Crippen LogP contribution in [-0.2, 0) is 19.1 Å². The molecule has 2 unspecified atom stereocenters. The average molecular weight is 396 g/mol. The van der Waals surface area contributed by atoms with Crippen molar-refractivity contribution in [1.29, 1.82) is 0 Å². The molecule has 10 nitrogen and oxygen atoms in total. The minimum Gasteiger partial charge on any atom is -0.733 e. The molecule has 1 aromatic rings. The van der Waals surface area contributed by atoms with Crippen LogP contribution in [0, 0.1) is 11.1 Å². The Hall–Kier alpha value is -2.85. The third-order valence-electron chi connectivity index (χ3n) is 4.22. The Bertz CT molecular complexity index is 706. The number of hydrogen-bond acceptors (Lipinski definition) is 9. The predicted octanol–water partition coefficient (Wildman–Crippen LogP) is 1.31. The summed E-state index contributed by atoms with van der Waals surface area (Å²) in [6.07, 6.45) is 0.631. The van der Waals surface area contributed by atoms with E-state index < -0.39 is 30.5 Å². The second kappa shape index (κ2) is 10.5. The highest BCUT2D eigenvalue weighted by atomic mass is 16.8. The zero-order valence-corrected chi connectivity index (χ0v) is 16.6. The minimum atomic E-state index is -0.860. The Morgan fingerprint density at radius 1 is 1.29 bits per heavy atom. The lowest BCUT2D eigenvalue weighted by Gasteiger charge is -2.24. The van der Waals surface area contributed by atoms with Gasteiger partial charge in [0.25, 0.3) is 5.91 Å². The maximum Gasteiger partial charge on any atom is 0.340 e. The predicted molar refractivity (Wildman–Crippen MR) is 102 cm³/mol. The molecule has 1 rings (SSSR count). The van der Waals surface area contributed by atoms with Crippen molar-refractivity contribution in [2.45, 2.75) is 26.3 Å². The van der Waals surface area contributed by atoms with Crippen LogP contribution >= 0.6 is 0 Å². The van der Waals surface area contributed by atoms with Gasteiger partial charge in [0.1, 0.15) is 6.04 Å². The molecule has 0 aromatic heterocycles. The summed E-state index contributed by atoms with van der Waals surface area (Å²) in [7, 11) is 4.58. The molecule has 0 fully saturated rings. The van der Waals surface area contributed by atoms with Gasteiger partial charge in [-0.05, 0) is 24.1 Å². The number of ether oxygens (including phenoxy) is 2. The van der Waals surface area contributed by atoms with Crippen molar-refractivity contribution in [2.75, 3.05) is 37.9 Å². The summed E-state index contributed by atoms with van der Waals surface area (Å²) in [5, 5.41) is 22.2. The number of nitrogens with one attached hydrogen (secondary N) is 1. The van der Waals surface area contributed by atoms with Gasteiger partial charge in [-0.2, -0.15) is 0 Å². The van der Waals surface area contributed by atoms with Crippen LogP contribution < -0.4 is 15.4 Å². The van der Waals surface area contributed by atoms with Crippen molar-refractivity contribution in [3.8, 4) is 0 Å². The van der Waals surface area contributed by atoms with Crippen molar-refractivity contribution in [1.82, 2.24) is 5.32 Å². The Morgan fingerprint density at radius 2 is 1.93 bits per heavy atom. The van der Waals surface area contributed by atoms with Gasteiger partial charge in [0, 0.05) is 14.1 Å². The number of nitrogens with zero attached hydrogens (tertiary/aromatic N) is 2. The fourth-order valence-corrected chi connectivity index (χ4v) is 2.42. The molecule has 1 amide bonds. The highest BCUT2D eigenvalue weighted by Crippen LogP contribution is 2.25. The summed E-state index contributed by atoms with van der Waals surface area (Å²) in [4.78, 5) is 37.9. The molecule has 0 aliphatic carbocycles. The van der Waals surface area contributed by atoms with Gasteiger partial charge < -0.3 is 30.1 Å². The first-order chi connectivity index (χ1) is 13.1. The molecule has 0 heterocycles. The van der Waals surface area contributed by atoms with Crippen molar-refractivity contribution < 1.29 is 29.1 Å². The molecule has 156 valence electrons. The first-order valence-corrected chi connectivity index (χ1v) is 8.64. The Labute approximate surface area is 163 Å². The molecule has 0 radical (unpaired) electrons. The van der Waals surface area contributed by atoms with Gasteiger partial charge in [-0.25, -0.2) is 9.59 Å². The number of benzene rings is 1. The molecular formula is C18H26N3O7-. The first-order valence-electron chi connectivity index (χ1n) is 8.64. The minimum absolute atomic E-state index is 0.00311. The second-order valence-electron chi connectivity index (χ2n) is 6.40. The molecule has 0 saturated heterocycles. The Morgan fingerprint density at radius 3 is 2.43 bits per heavy atom. The Kier molecular flexibility index (Phi) is 8.68. The second-order valence-corrected chi connectivity index (χ2v) is 6.40. The number of rotatable bonds is 9. The van der Waals surface area contributed by atoms with Gasteiger partial charge in [-0.3, -0.25) is 10.0 Å². The average Bonchev–Trinajstić information content (AvgIpc) is 2.68. The molecule has 28 heavy (non-hydrogen) atoms. The number of hydrogen-bond donors (Lipinski definition) is 2. The lowest BCUT2D eigenvalue weighted by atomic mass is 9.99. The monoisotopic (exact) mass is 396 g/mol. The largest absolute Gasteiger partial charge is 0.733 e. The zero-order chi connectivity index (χ0) is 21.4. The van der Waals surface area contributed by atoms with Gasteiger partial charge in [0.05, 0.1) is 24.0 Å². The maximum absolute atomic E-state index is 12.4. The van der Waals surface area contributed by atoms with E-state index in [1.54, 1.807) is 25.9 Å². The summed E-state index contributed by atoms with van der Waals surface area (Å²) < 4.78 is 9.70. The van der Waals surface area contributed by atoms with E-state index in [4.69, 9.17) is 9.94 Å². The van der Waals surface area contributed by atoms with Crippen LogP contribution in [0.4, 0.5) is 11.4 Å². The number of esters is 2. The number of carbonyl (C=O) groups is 3. The van der Waals surface area contributed by atoms with Crippen molar-refractivity contribution in [3.05, 3.63) is 29.0 Å². The lowest BCUT2D eigenvalue weighted by Crippen LogP contribution is -2.47. The van der Waals surface area contributed by atoms with E-state index in [0.29, 0.717) is 12.1 Å². The van der Waals surface area contributed by atoms with Gasteiger partial charge in [-0.15, -0.1) is 0 Å². The molecule has 0 aliphatic heterocycles. The zero-order valence-electron chi connectivity index (χ0n) is 16.6. The fourth-order valence-electron chi connectivity index (χ4n) is 2.42. The van der Waals surface area contributed by atoms with Crippen molar-refractivity contribution >= 4 is 29.2 Å². The van der Waals surface area contributed by atoms with Gasteiger partial charge in [0.15, 0.2) is 6.61 Å². The van der Waals surface area contributed by atoms with Crippen LogP contribution in [0.15, 0.2) is 18.2 Å². The molecule has 0 saturated carbocycles. The van der Waals surface area contributed by atoms with Crippen LogP contribution in [0.2, 0.25) is 0 Å². The highest BCUT2D eigenvalue weighted by molar-refractivity contribution is 5.98. The van der Waals surface area contributed by atoms with Crippen molar-refractivity contribution in [3.63, 3.8) is 0 Å². The van der Waals surface area contributed by atoms with Crippen LogP contribution in [0.5, 0.6) is 0 Å². The van der Waals surface area contributed by atoms with E-state index in [1.165, 1.54) is 19.2 Å². The van der Waals surface area contributed by atoms with E-state index in [2.05, 4.69) is 10.1 Å². The van der Waals surface area contributed by atoms with Gasteiger partial charge in [-0.1, -0.05) is 20.3 Å². The number of anilines is 2. The highest BCUT2D eigenvalue weighted by Gasteiger charge is 2.27. The maximum atomic E-state index is 12.4. The van der Waals surface area contributed by atoms with Crippen LogP contribution in [0.3, 0.4) is 0 Å². The number of amides is 1. The summed E-state index contributed by atoms with van der Waals surface area (Å²) >= 11 is 0. The molecule has 0 bridgehead atoms. The molecule has 2 atom stereocenters. The molecule has 0 aliphatic rings. The van der Waals surface area contributed by atoms with Crippen LogP contribution in [0.25, 0.3) is 0 Å². The smallest absolute Gasteiger partial charge is 0.340 e. The summed E-state index contributed by atoms with van der Waals surface area (Å²) in [6.45, 7) is 3.02. The lowest BCUT2D eigenvalue weighted by molar-refractivity contribution is -0.147. The van der Waals surface area contributed by atoms with Crippen molar-refractivity contribution in [2.24, 2.45) is 5.92 Å². The SMILES string of the molecule is CCC(C)C(NC(=O)COC(=O)c1cc(N([O-])O)ccc1N(C)C)C(=O)OC. The summed E-state index contributed by atoms with van der Waals surface area (Å²) in [5.41, 5.74) is 0.268. The summed E-state index contributed by atoms with van der Waals surface area (Å²) in [5.74, 6) is -2.29. The van der Waals surface area contributed by atoms with Crippen LogP contribution in [-0.4, -0.2) is 56.9 Å². The van der Waals surface area contributed by atoms with E-state index in [9.17, 15) is 19.6 Å². The number of methoxy groups -OCH3 is 1. The normalized spacial score (nSPS) is 12.5. The van der Waals surface area contributed by atoms with E-state index >= 15 is 0 Å². The molecule has 2 N–H and O–H groups in total. The first kappa shape index (κ1) is 23.2. The standard InChI is InChI=1S/C18H26N3O7/c1-6-11(2)16(18(24)27-5)19-15(22)10-28-17(23)13-9-12(21(25)26)7-8-14(13)20(3)4/h7-9,11,16,25H,6,10H2,1-5H3,(H,19,22)/q-1. The third kappa shape index (κ3) is 6.10. The Balaban J connectivity index is 2.87. The van der Waals surface area contributed by atoms with Crippen LogP contribution in [0.1, 0.15) is 30.6 Å². The molecule has 0 spiro atoms. The number of carbonyl (C=O) groups excluding carboxylic acids is 3. The molecule has 10 heteroatoms. The van der Waals surface area contributed by atoms with E-state index in [-0.39, 0.29) is 22.4 Å². The van der Waals surface area contributed by atoms with Gasteiger partial charge >= 0.3 is 11.9 Å². The third-order valence-corrected chi connectivity index (χ3v) is 4.22. The van der Waals surface area contributed by atoms with E-state index in [1.807, 2.05) is 6.92 Å². The summed E-state index contributed by atoms with van der Waals surface area (Å²) in [6, 6.07) is 3.09. The van der Waals surface area contributed by atoms with Gasteiger partial charge in [0.2, 0.25) is 0 Å². The molecular weight excluding hydrogens is 370 g/mol. The molecule has 1 aromatic carbocycles. The topological polar surface area (TPSA) is 131 Å². The fraction of sp³-hybridized carbons (Fsp3) is 0.500. The van der Waals surface area contributed by atoms with E-state index in [0.717, 1.165) is 6.07 Å².